The van der Waals surface area contributed by atoms with Gasteiger partial charge in [0.25, 0.3) is 5.91 Å². The summed E-state index contributed by atoms with van der Waals surface area (Å²) >= 11 is 0. The standard InChI is InChI=1S/C30H31N3O2/c1-21(17-22-7-3-2-4-8-22)13-15-31-30(35)25-10-6-5-9-23(25)19-33-16-14-26-27-18-24(34)11-12-28(27)32-29(26)20-33/h2-12,17-18,32,34H,13-16,19-20H2,1H3,(H,31,35)/b21-17+. The number of phenolic OH excluding ortho intramolecular Hbond substituents is 1. The van der Waals surface area contributed by atoms with E-state index < -0.39 is 0 Å². The molecule has 1 aliphatic heterocycles. The summed E-state index contributed by atoms with van der Waals surface area (Å²) in [6, 6.07) is 23.6. The summed E-state index contributed by atoms with van der Waals surface area (Å²) < 4.78 is 0. The third-order valence-electron chi connectivity index (χ3n) is 6.71. The van der Waals surface area contributed by atoms with Gasteiger partial charge in [-0.15, -0.1) is 0 Å². The van der Waals surface area contributed by atoms with Crippen LogP contribution in [0.25, 0.3) is 17.0 Å². The monoisotopic (exact) mass is 465 g/mol. The highest BCUT2D eigenvalue weighted by Gasteiger charge is 2.22. The topological polar surface area (TPSA) is 68.4 Å². The quantitative estimate of drug-likeness (QED) is 0.330. The van der Waals surface area contributed by atoms with Crippen LogP contribution in [0.4, 0.5) is 0 Å². The van der Waals surface area contributed by atoms with E-state index in [1.165, 1.54) is 22.4 Å². The van der Waals surface area contributed by atoms with Gasteiger partial charge in [0.2, 0.25) is 0 Å². The van der Waals surface area contributed by atoms with Crippen LogP contribution in [-0.2, 0) is 19.5 Å². The SMILES string of the molecule is C/C(=C\c1ccccc1)CCNC(=O)c1ccccc1CN1CCc2c([nH]c3ccc(O)cc23)C1. The third kappa shape index (κ3) is 5.31. The first-order valence-corrected chi connectivity index (χ1v) is 12.2. The molecule has 5 heteroatoms. The van der Waals surface area contributed by atoms with E-state index in [1.54, 1.807) is 6.07 Å². The predicted molar refractivity (Wildman–Crippen MR) is 141 cm³/mol. The molecule has 178 valence electrons. The lowest BCUT2D eigenvalue weighted by Gasteiger charge is -2.27. The molecule has 0 fully saturated rings. The molecule has 2 heterocycles. The van der Waals surface area contributed by atoms with Crippen LogP contribution in [0.1, 0.15) is 46.1 Å². The molecule has 0 spiro atoms. The zero-order valence-electron chi connectivity index (χ0n) is 20.1. The van der Waals surface area contributed by atoms with Crippen LogP contribution in [0, 0.1) is 0 Å². The molecule has 0 unspecified atom stereocenters. The van der Waals surface area contributed by atoms with Crippen LogP contribution >= 0.6 is 0 Å². The molecule has 0 atom stereocenters. The molecule has 3 aromatic carbocycles. The molecular formula is C30H31N3O2. The Labute approximate surface area is 206 Å². The first-order valence-electron chi connectivity index (χ1n) is 12.2. The number of amides is 1. The van der Waals surface area contributed by atoms with Crippen LogP contribution in [0.3, 0.4) is 0 Å². The van der Waals surface area contributed by atoms with Crippen molar-refractivity contribution < 1.29 is 9.90 Å². The molecule has 5 rings (SSSR count). The normalized spacial score (nSPS) is 14.1. The fourth-order valence-electron chi connectivity index (χ4n) is 4.91. The summed E-state index contributed by atoms with van der Waals surface area (Å²) in [6.07, 6.45) is 3.89. The number of nitrogens with zero attached hydrogens (tertiary/aromatic N) is 1. The number of benzene rings is 3. The van der Waals surface area contributed by atoms with Crippen molar-refractivity contribution >= 4 is 22.9 Å². The lowest BCUT2D eigenvalue weighted by molar-refractivity contribution is 0.0952. The van der Waals surface area contributed by atoms with E-state index >= 15 is 0 Å². The molecule has 1 aromatic heterocycles. The minimum absolute atomic E-state index is 0.0214. The first-order chi connectivity index (χ1) is 17.1. The van der Waals surface area contributed by atoms with Crippen LogP contribution in [0.2, 0.25) is 0 Å². The number of hydrogen-bond donors (Lipinski definition) is 3. The molecule has 0 aliphatic carbocycles. The van der Waals surface area contributed by atoms with Gasteiger partial charge in [0.05, 0.1) is 0 Å². The summed E-state index contributed by atoms with van der Waals surface area (Å²) in [6.45, 7) is 5.14. The highest BCUT2D eigenvalue weighted by molar-refractivity contribution is 5.95. The molecule has 5 nitrogen and oxygen atoms in total. The number of aromatic amines is 1. The first kappa shape index (κ1) is 22.9. The minimum Gasteiger partial charge on any atom is -0.508 e. The van der Waals surface area contributed by atoms with Gasteiger partial charge < -0.3 is 15.4 Å². The average Bonchev–Trinajstić information content (AvgIpc) is 3.22. The fourth-order valence-corrected chi connectivity index (χ4v) is 4.91. The van der Waals surface area contributed by atoms with E-state index in [0.29, 0.717) is 12.3 Å². The molecule has 4 aromatic rings. The van der Waals surface area contributed by atoms with Crippen molar-refractivity contribution in [2.45, 2.75) is 32.9 Å². The molecule has 0 saturated carbocycles. The highest BCUT2D eigenvalue weighted by Crippen LogP contribution is 2.30. The van der Waals surface area contributed by atoms with E-state index in [9.17, 15) is 9.90 Å². The van der Waals surface area contributed by atoms with Gasteiger partial charge in [-0.3, -0.25) is 9.69 Å². The Morgan fingerprint density at radius 2 is 1.89 bits per heavy atom. The zero-order chi connectivity index (χ0) is 24.2. The van der Waals surface area contributed by atoms with Crippen molar-refractivity contribution in [1.82, 2.24) is 15.2 Å². The Balaban J connectivity index is 1.22. The Morgan fingerprint density at radius 3 is 2.74 bits per heavy atom. The van der Waals surface area contributed by atoms with Crippen LogP contribution in [0.15, 0.2) is 78.4 Å². The van der Waals surface area contributed by atoms with Crippen molar-refractivity contribution in [2.24, 2.45) is 0 Å². The maximum absolute atomic E-state index is 13.0. The number of carbonyl (C=O) groups excluding carboxylic acids is 1. The number of aromatic nitrogens is 1. The van der Waals surface area contributed by atoms with Crippen LogP contribution < -0.4 is 5.32 Å². The molecule has 0 bridgehead atoms. The zero-order valence-corrected chi connectivity index (χ0v) is 20.1. The summed E-state index contributed by atoms with van der Waals surface area (Å²) in [4.78, 5) is 18.9. The lowest BCUT2D eigenvalue weighted by atomic mass is 10.0. The van der Waals surface area contributed by atoms with Gasteiger partial charge in [-0.05, 0) is 60.7 Å². The van der Waals surface area contributed by atoms with E-state index in [-0.39, 0.29) is 5.91 Å². The second kappa shape index (κ2) is 10.2. The molecule has 3 N–H and O–H groups in total. The van der Waals surface area contributed by atoms with Crippen LogP contribution in [-0.4, -0.2) is 34.0 Å². The summed E-state index contributed by atoms with van der Waals surface area (Å²) in [5.74, 6) is 0.277. The van der Waals surface area contributed by atoms with Gasteiger partial charge in [0, 0.05) is 48.3 Å². The Morgan fingerprint density at radius 1 is 1.09 bits per heavy atom. The van der Waals surface area contributed by atoms with E-state index in [1.807, 2.05) is 54.6 Å². The number of rotatable bonds is 7. The second-order valence-electron chi connectivity index (χ2n) is 9.34. The van der Waals surface area contributed by atoms with Crippen molar-refractivity contribution in [1.29, 1.82) is 0 Å². The Bertz CT molecular complexity index is 1370. The van der Waals surface area contributed by atoms with E-state index in [2.05, 4.69) is 40.3 Å². The number of fused-ring (bicyclic) bond motifs is 3. The third-order valence-corrected chi connectivity index (χ3v) is 6.71. The van der Waals surface area contributed by atoms with Gasteiger partial charge >= 0.3 is 0 Å². The average molecular weight is 466 g/mol. The molecule has 1 amide bonds. The number of hydrogen-bond acceptors (Lipinski definition) is 3. The van der Waals surface area contributed by atoms with Crippen molar-refractivity contribution in [3.63, 3.8) is 0 Å². The fraction of sp³-hybridized carbons (Fsp3) is 0.233. The summed E-state index contributed by atoms with van der Waals surface area (Å²) in [7, 11) is 0. The summed E-state index contributed by atoms with van der Waals surface area (Å²) in [5, 5.41) is 14.1. The molecule has 0 radical (unpaired) electrons. The van der Waals surface area contributed by atoms with Crippen molar-refractivity contribution in [3.8, 4) is 5.75 Å². The van der Waals surface area contributed by atoms with Gasteiger partial charge in [0.15, 0.2) is 0 Å². The minimum atomic E-state index is -0.0214. The maximum atomic E-state index is 13.0. The Hall–Kier alpha value is -3.83. The van der Waals surface area contributed by atoms with Crippen molar-refractivity contribution in [2.75, 3.05) is 13.1 Å². The summed E-state index contributed by atoms with van der Waals surface area (Å²) in [5.41, 5.74) is 7.74. The number of carbonyl (C=O) groups is 1. The Kier molecular flexibility index (Phi) is 6.68. The number of nitrogens with one attached hydrogen (secondary N) is 2. The second-order valence-corrected chi connectivity index (χ2v) is 9.34. The van der Waals surface area contributed by atoms with Gasteiger partial charge in [-0.1, -0.05) is 60.2 Å². The number of aromatic hydroxyl groups is 1. The van der Waals surface area contributed by atoms with Crippen LogP contribution in [0.5, 0.6) is 5.75 Å². The van der Waals surface area contributed by atoms with E-state index in [4.69, 9.17) is 0 Å². The van der Waals surface area contributed by atoms with Gasteiger partial charge in [0.1, 0.15) is 5.75 Å². The molecule has 0 saturated heterocycles. The molecule has 1 aliphatic rings. The van der Waals surface area contributed by atoms with E-state index in [0.717, 1.165) is 54.5 Å². The molecular weight excluding hydrogens is 434 g/mol. The van der Waals surface area contributed by atoms with Crippen molar-refractivity contribution in [3.05, 3.63) is 106 Å². The van der Waals surface area contributed by atoms with Gasteiger partial charge in [-0.2, -0.15) is 0 Å². The molecule has 35 heavy (non-hydrogen) atoms. The smallest absolute Gasteiger partial charge is 0.251 e. The number of H-pyrrole nitrogens is 1. The number of phenols is 1. The maximum Gasteiger partial charge on any atom is 0.251 e. The van der Waals surface area contributed by atoms with Gasteiger partial charge in [-0.25, -0.2) is 0 Å². The largest absolute Gasteiger partial charge is 0.508 e. The highest BCUT2D eigenvalue weighted by atomic mass is 16.3. The lowest BCUT2D eigenvalue weighted by Crippen LogP contribution is -2.31. The predicted octanol–water partition coefficient (Wildman–Crippen LogP) is 5.66.